The Hall–Kier alpha value is -2.47. The van der Waals surface area contributed by atoms with Crippen molar-refractivity contribution >= 4 is 28.4 Å². The van der Waals surface area contributed by atoms with Crippen molar-refractivity contribution in [1.82, 2.24) is 4.98 Å². The lowest BCUT2D eigenvalue weighted by molar-refractivity contribution is -0.0498. The first-order valence-corrected chi connectivity index (χ1v) is 9.00. The molecular formula is C20H17F2NO2S. The van der Waals surface area contributed by atoms with Crippen LogP contribution in [0, 0.1) is 13.8 Å². The SMILES string of the molecule is Cc1cc(SCC(=O)c2ccc(OC(F)F)cc2)nc2c(C)cccc12. The fourth-order valence-corrected chi connectivity index (χ4v) is 3.51. The number of ether oxygens (including phenoxy) is 1. The number of halogens is 2. The third kappa shape index (κ3) is 4.19. The Morgan fingerprint density at radius 3 is 2.54 bits per heavy atom. The molecule has 0 spiro atoms. The predicted molar refractivity (Wildman–Crippen MR) is 99.3 cm³/mol. The zero-order chi connectivity index (χ0) is 18.7. The number of benzene rings is 2. The summed E-state index contributed by atoms with van der Waals surface area (Å²) < 4.78 is 28.6. The van der Waals surface area contributed by atoms with Crippen LogP contribution in [0.4, 0.5) is 8.78 Å². The first kappa shape index (κ1) is 18.3. The van der Waals surface area contributed by atoms with Gasteiger partial charge in [-0.25, -0.2) is 4.98 Å². The van der Waals surface area contributed by atoms with Crippen LogP contribution in [0.1, 0.15) is 21.5 Å². The van der Waals surface area contributed by atoms with Gasteiger partial charge in [-0.1, -0.05) is 30.0 Å². The summed E-state index contributed by atoms with van der Waals surface area (Å²) in [5, 5.41) is 1.89. The smallest absolute Gasteiger partial charge is 0.387 e. The molecule has 0 N–H and O–H groups in total. The second-order valence-electron chi connectivity index (χ2n) is 5.86. The van der Waals surface area contributed by atoms with Crippen LogP contribution < -0.4 is 4.74 Å². The van der Waals surface area contributed by atoms with E-state index >= 15 is 0 Å². The zero-order valence-corrected chi connectivity index (χ0v) is 15.1. The van der Waals surface area contributed by atoms with Crippen LogP contribution in [0.2, 0.25) is 0 Å². The molecule has 3 aromatic rings. The van der Waals surface area contributed by atoms with Gasteiger partial charge in [0.05, 0.1) is 16.3 Å². The Morgan fingerprint density at radius 1 is 1.12 bits per heavy atom. The molecule has 0 saturated heterocycles. The third-order valence-electron chi connectivity index (χ3n) is 3.98. The first-order valence-electron chi connectivity index (χ1n) is 8.02. The van der Waals surface area contributed by atoms with Gasteiger partial charge in [0, 0.05) is 10.9 Å². The van der Waals surface area contributed by atoms with Crippen LogP contribution in [-0.4, -0.2) is 23.1 Å². The molecule has 0 fully saturated rings. The van der Waals surface area contributed by atoms with Crippen molar-refractivity contribution in [3.05, 3.63) is 65.2 Å². The number of carbonyl (C=O) groups excluding carboxylic acids is 1. The van der Waals surface area contributed by atoms with Crippen LogP contribution in [0.15, 0.2) is 53.6 Å². The van der Waals surface area contributed by atoms with Gasteiger partial charge in [-0.3, -0.25) is 4.79 Å². The van der Waals surface area contributed by atoms with Gasteiger partial charge in [-0.2, -0.15) is 8.78 Å². The van der Waals surface area contributed by atoms with Gasteiger partial charge in [0.1, 0.15) is 5.75 Å². The van der Waals surface area contributed by atoms with E-state index in [1.807, 2.05) is 38.1 Å². The van der Waals surface area contributed by atoms with E-state index < -0.39 is 6.61 Å². The Kier molecular flexibility index (Phi) is 5.52. The van der Waals surface area contributed by atoms with Crippen LogP contribution in [-0.2, 0) is 0 Å². The number of para-hydroxylation sites is 1. The molecule has 1 heterocycles. The summed E-state index contributed by atoms with van der Waals surface area (Å²) in [7, 11) is 0. The molecule has 0 unspecified atom stereocenters. The summed E-state index contributed by atoms with van der Waals surface area (Å²) in [5.74, 6) is 0.160. The van der Waals surface area contributed by atoms with Gasteiger partial charge < -0.3 is 4.74 Å². The summed E-state index contributed by atoms with van der Waals surface area (Å²) in [6.45, 7) is 1.16. The number of rotatable bonds is 6. The lowest BCUT2D eigenvalue weighted by Gasteiger charge is -2.08. The van der Waals surface area contributed by atoms with Crippen molar-refractivity contribution in [2.75, 3.05) is 5.75 Å². The highest BCUT2D eigenvalue weighted by Gasteiger charge is 2.11. The number of hydrogen-bond donors (Lipinski definition) is 0. The largest absolute Gasteiger partial charge is 0.435 e. The number of alkyl halides is 2. The van der Waals surface area contributed by atoms with Gasteiger partial charge in [0.2, 0.25) is 0 Å². The molecule has 0 radical (unpaired) electrons. The summed E-state index contributed by atoms with van der Waals surface area (Å²) >= 11 is 1.36. The van der Waals surface area contributed by atoms with Gasteiger partial charge in [0.15, 0.2) is 5.78 Å². The van der Waals surface area contributed by atoms with E-state index in [-0.39, 0.29) is 17.3 Å². The minimum absolute atomic E-state index is 0.0338. The van der Waals surface area contributed by atoms with Gasteiger partial charge in [0.25, 0.3) is 0 Å². The maximum absolute atomic E-state index is 12.3. The lowest BCUT2D eigenvalue weighted by Crippen LogP contribution is -2.04. The van der Waals surface area contributed by atoms with Crippen molar-refractivity contribution in [2.45, 2.75) is 25.5 Å². The molecule has 0 bridgehead atoms. The average Bonchev–Trinajstić information content (AvgIpc) is 2.61. The van der Waals surface area contributed by atoms with E-state index in [9.17, 15) is 13.6 Å². The van der Waals surface area contributed by atoms with Crippen molar-refractivity contribution < 1.29 is 18.3 Å². The maximum Gasteiger partial charge on any atom is 0.387 e. The molecule has 0 aliphatic heterocycles. The summed E-state index contributed by atoms with van der Waals surface area (Å²) in [5.41, 5.74) is 3.60. The van der Waals surface area contributed by atoms with Crippen LogP contribution >= 0.6 is 11.8 Å². The Morgan fingerprint density at radius 2 is 1.85 bits per heavy atom. The van der Waals surface area contributed by atoms with E-state index in [0.29, 0.717) is 5.56 Å². The number of ketones is 1. The standard InChI is InChI=1S/C20H17F2NO2S/c1-12-4-3-5-16-13(2)10-18(23-19(12)16)26-11-17(24)14-6-8-15(9-7-14)25-20(21)22/h3-10,20H,11H2,1-2H3. The monoisotopic (exact) mass is 373 g/mol. The zero-order valence-electron chi connectivity index (χ0n) is 14.3. The second-order valence-corrected chi connectivity index (χ2v) is 6.86. The highest BCUT2D eigenvalue weighted by molar-refractivity contribution is 7.99. The first-order chi connectivity index (χ1) is 12.4. The number of aromatic nitrogens is 1. The summed E-state index contributed by atoms with van der Waals surface area (Å²) in [6, 6.07) is 13.7. The van der Waals surface area contributed by atoms with Crippen molar-refractivity contribution in [2.24, 2.45) is 0 Å². The van der Waals surface area contributed by atoms with Gasteiger partial charge in [-0.15, -0.1) is 0 Å². The topological polar surface area (TPSA) is 39.2 Å². The number of hydrogen-bond acceptors (Lipinski definition) is 4. The highest BCUT2D eigenvalue weighted by Crippen LogP contribution is 2.26. The van der Waals surface area contributed by atoms with E-state index in [0.717, 1.165) is 27.1 Å². The number of thioether (sulfide) groups is 1. The molecule has 3 nitrogen and oxygen atoms in total. The molecule has 1 aromatic heterocycles. The van der Waals surface area contributed by atoms with E-state index in [1.165, 1.54) is 36.0 Å². The Labute approximate surface area is 154 Å². The lowest BCUT2D eigenvalue weighted by atomic mass is 10.1. The van der Waals surface area contributed by atoms with Crippen LogP contribution in [0.3, 0.4) is 0 Å². The van der Waals surface area contributed by atoms with Crippen molar-refractivity contribution in [3.8, 4) is 5.75 Å². The quantitative estimate of drug-likeness (QED) is 0.427. The summed E-state index contributed by atoms with van der Waals surface area (Å²) in [4.78, 5) is 17.0. The van der Waals surface area contributed by atoms with E-state index in [1.54, 1.807) is 0 Å². The van der Waals surface area contributed by atoms with Crippen molar-refractivity contribution in [3.63, 3.8) is 0 Å². The number of aryl methyl sites for hydroxylation is 2. The molecule has 6 heteroatoms. The molecule has 2 aromatic carbocycles. The molecule has 0 aliphatic carbocycles. The normalized spacial score (nSPS) is 11.1. The number of Topliss-reactive ketones (excluding diaryl/α,β-unsaturated/α-hetero) is 1. The minimum atomic E-state index is -2.88. The fraction of sp³-hybridized carbons (Fsp3) is 0.200. The number of fused-ring (bicyclic) bond motifs is 1. The molecule has 3 rings (SSSR count). The minimum Gasteiger partial charge on any atom is -0.435 e. The number of carbonyl (C=O) groups is 1. The molecule has 0 saturated carbocycles. The molecule has 26 heavy (non-hydrogen) atoms. The average molecular weight is 373 g/mol. The molecular weight excluding hydrogens is 356 g/mol. The maximum atomic E-state index is 12.3. The Balaban J connectivity index is 1.71. The molecule has 134 valence electrons. The predicted octanol–water partition coefficient (Wildman–Crippen LogP) is 5.43. The number of pyridine rings is 1. The third-order valence-corrected chi connectivity index (χ3v) is 4.89. The molecule has 0 aliphatic rings. The van der Waals surface area contributed by atoms with Crippen LogP contribution in [0.25, 0.3) is 10.9 Å². The Bertz CT molecular complexity index is 942. The van der Waals surface area contributed by atoms with Crippen molar-refractivity contribution in [1.29, 1.82) is 0 Å². The van der Waals surface area contributed by atoms with E-state index in [4.69, 9.17) is 0 Å². The molecule has 0 atom stereocenters. The highest BCUT2D eigenvalue weighted by atomic mass is 32.2. The fourth-order valence-electron chi connectivity index (χ4n) is 2.65. The number of nitrogens with zero attached hydrogens (tertiary/aromatic N) is 1. The van der Waals surface area contributed by atoms with Gasteiger partial charge >= 0.3 is 6.61 Å². The van der Waals surface area contributed by atoms with Gasteiger partial charge in [-0.05, 0) is 55.3 Å². The van der Waals surface area contributed by atoms with Crippen LogP contribution in [0.5, 0.6) is 5.75 Å². The molecule has 0 amide bonds. The summed E-state index contributed by atoms with van der Waals surface area (Å²) in [6.07, 6.45) is 0. The van der Waals surface area contributed by atoms with E-state index in [2.05, 4.69) is 9.72 Å². The second kappa shape index (κ2) is 7.83.